The first-order valence-corrected chi connectivity index (χ1v) is 8.59. The van der Waals surface area contributed by atoms with Crippen molar-refractivity contribution in [3.8, 4) is 16.9 Å². The molecule has 3 nitrogen and oxygen atoms in total. The number of ether oxygens (including phenoxy) is 1. The summed E-state index contributed by atoms with van der Waals surface area (Å²) in [6.45, 7) is 5.11. The second-order valence-corrected chi connectivity index (χ2v) is 6.37. The Balaban J connectivity index is 1.84. The molecule has 0 spiro atoms. The largest absolute Gasteiger partial charge is 0.496 e. The molecule has 25 heavy (non-hydrogen) atoms. The summed E-state index contributed by atoms with van der Waals surface area (Å²) in [7, 11) is 1.71. The Kier molecular flexibility index (Phi) is 5.34. The van der Waals surface area contributed by atoms with Gasteiger partial charge in [0.25, 0.3) is 0 Å². The summed E-state index contributed by atoms with van der Waals surface area (Å²) in [6, 6.07) is 20.8. The zero-order valence-electron chi connectivity index (χ0n) is 15.0. The lowest BCUT2D eigenvalue weighted by Gasteiger charge is -2.13. The van der Waals surface area contributed by atoms with Crippen molar-refractivity contribution in [2.75, 3.05) is 12.4 Å². The van der Waals surface area contributed by atoms with Crippen LogP contribution in [0.15, 0.2) is 66.9 Å². The van der Waals surface area contributed by atoms with E-state index in [1.165, 1.54) is 5.56 Å². The van der Waals surface area contributed by atoms with E-state index in [4.69, 9.17) is 4.74 Å². The van der Waals surface area contributed by atoms with Gasteiger partial charge >= 0.3 is 0 Å². The molecule has 0 amide bonds. The van der Waals surface area contributed by atoms with Crippen LogP contribution >= 0.6 is 0 Å². The second kappa shape index (κ2) is 7.84. The molecule has 0 unspecified atom stereocenters. The zero-order valence-corrected chi connectivity index (χ0v) is 15.0. The van der Waals surface area contributed by atoms with E-state index in [-0.39, 0.29) is 0 Å². The van der Waals surface area contributed by atoms with Gasteiger partial charge in [-0.3, -0.25) is 4.98 Å². The summed E-state index contributed by atoms with van der Waals surface area (Å²) in [4.78, 5) is 4.35. The van der Waals surface area contributed by atoms with E-state index in [1.54, 1.807) is 7.11 Å². The fourth-order valence-electron chi connectivity index (χ4n) is 2.79. The lowest BCUT2D eigenvalue weighted by Crippen LogP contribution is -2.01. The quantitative estimate of drug-likeness (QED) is 0.648. The summed E-state index contributed by atoms with van der Waals surface area (Å²) in [5.74, 6) is 1.41. The van der Waals surface area contributed by atoms with Crippen molar-refractivity contribution in [3.05, 3.63) is 78.1 Å². The number of anilines is 1. The molecule has 0 saturated carbocycles. The molecular weight excluding hydrogens is 308 g/mol. The summed E-state index contributed by atoms with van der Waals surface area (Å²) in [6.07, 6.45) is 1.81. The molecule has 0 saturated heterocycles. The zero-order chi connectivity index (χ0) is 17.6. The van der Waals surface area contributed by atoms with E-state index in [2.05, 4.69) is 54.5 Å². The molecule has 3 rings (SSSR count). The van der Waals surface area contributed by atoms with Crippen molar-refractivity contribution in [2.24, 2.45) is 0 Å². The average Bonchev–Trinajstić information content (AvgIpc) is 2.67. The first-order valence-electron chi connectivity index (χ1n) is 8.59. The van der Waals surface area contributed by atoms with Crippen LogP contribution in [0.2, 0.25) is 0 Å². The number of benzene rings is 2. The lowest BCUT2D eigenvalue weighted by molar-refractivity contribution is 0.416. The molecule has 0 bridgehead atoms. The molecule has 0 aliphatic heterocycles. The molecule has 2 aromatic carbocycles. The molecule has 1 heterocycles. The third kappa shape index (κ3) is 4.18. The predicted octanol–water partition coefficient (Wildman–Crippen LogP) is 5.49. The normalized spacial score (nSPS) is 10.7. The molecule has 0 aliphatic carbocycles. The SMILES string of the molecule is COc1ccc(NCc2ccccn2)cc1-c1ccc(C(C)C)cc1. The van der Waals surface area contributed by atoms with Gasteiger partial charge in [0.15, 0.2) is 0 Å². The van der Waals surface area contributed by atoms with Crippen molar-refractivity contribution in [1.82, 2.24) is 4.98 Å². The number of hydrogen-bond donors (Lipinski definition) is 1. The molecule has 0 radical (unpaired) electrons. The Bertz CT molecular complexity index is 811. The smallest absolute Gasteiger partial charge is 0.126 e. The van der Waals surface area contributed by atoms with Crippen LogP contribution in [0.3, 0.4) is 0 Å². The van der Waals surface area contributed by atoms with Gasteiger partial charge in [0.05, 0.1) is 19.3 Å². The number of hydrogen-bond acceptors (Lipinski definition) is 3. The van der Waals surface area contributed by atoms with Crippen molar-refractivity contribution in [2.45, 2.75) is 26.3 Å². The Morgan fingerprint density at radius 3 is 2.44 bits per heavy atom. The van der Waals surface area contributed by atoms with E-state index in [1.807, 2.05) is 36.5 Å². The Morgan fingerprint density at radius 1 is 1.00 bits per heavy atom. The number of pyridine rings is 1. The highest BCUT2D eigenvalue weighted by Crippen LogP contribution is 2.33. The topological polar surface area (TPSA) is 34.1 Å². The lowest BCUT2D eigenvalue weighted by atomic mass is 9.98. The van der Waals surface area contributed by atoms with Gasteiger partial charge < -0.3 is 10.1 Å². The van der Waals surface area contributed by atoms with Gasteiger partial charge in [0.1, 0.15) is 5.75 Å². The summed E-state index contributed by atoms with van der Waals surface area (Å²) >= 11 is 0. The predicted molar refractivity (Wildman–Crippen MR) is 104 cm³/mol. The molecule has 1 aromatic heterocycles. The van der Waals surface area contributed by atoms with Crippen LogP contribution in [0.1, 0.15) is 31.0 Å². The van der Waals surface area contributed by atoms with Gasteiger partial charge in [-0.15, -0.1) is 0 Å². The van der Waals surface area contributed by atoms with Gasteiger partial charge in [-0.05, 0) is 47.4 Å². The van der Waals surface area contributed by atoms with Crippen molar-refractivity contribution in [3.63, 3.8) is 0 Å². The van der Waals surface area contributed by atoms with Crippen LogP contribution in [0.4, 0.5) is 5.69 Å². The Morgan fingerprint density at radius 2 is 1.80 bits per heavy atom. The molecule has 3 aromatic rings. The van der Waals surface area contributed by atoms with E-state index in [0.29, 0.717) is 12.5 Å². The summed E-state index contributed by atoms with van der Waals surface area (Å²) in [5, 5.41) is 3.43. The minimum absolute atomic E-state index is 0.530. The van der Waals surface area contributed by atoms with E-state index < -0.39 is 0 Å². The maximum atomic E-state index is 5.56. The van der Waals surface area contributed by atoms with E-state index in [9.17, 15) is 0 Å². The highest BCUT2D eigenvalue weighted by Gasteiger charge is 2.08. The second-order valence-electron chi connectivity index (χ2n) is 6.37. The maximum absolute atomic E-state index is 5.56. The van der Waals surface area contributed by atoms with Crippen LogP contribution in [0.5, 0.6) is 5.75 Å². The molecule has 0 aliphatic rings. The fourth-order valence-corrected chi connectivity index (χ4v) is 2.79. The number of aromatic nitrogens is 1. The van der Waals surface area contributed by atoms with Gasteiger partial charge in [0.2, 0.25) is 0 Å². The minimum Gasteiger partial charge on any atom is -0.496 e. The van der Waals surface area contributed by atoms with Crippen LogP contribution in [-0.4, -0.2) is 12.1 Å². The molecule has 0 atom stereocenters. The summed E-state index contributed by atoms with van der Waals surface area (Å²) in [5.41, 5.74) is 5.65. The average molecular weight is 332 g/mol. The standard InChI is InChI=1S/C22H24N2O/c1-16(2)17-7-9-18(10-8-17)21-14-19(11-12-22(21)25-3)24-15-20-6-4-5-13-23-20/h4-14,16,24H,15H2,1-3H3. The van der Waals surface area contributed by atoms with Crippen LogP contribution in [0, 0.1) is 0 Å². The molecule has 1 N–H and O–H groups in total. The monoisotopic (exact) mass is 332 g/mol. The van der Waals surface area contributed by atoms with Crippen LogP contribution < -0.4 is 10.1 Å². The van der Waals surface area contributed by atoms with Crippen LogP contribution in [0.25, 0.3) is 11.1 Å². The highest BCUT2D eigenvalue weighted by molar-refractivity contribution is 5.74. The third-order valence-corrected chi connectivity index (χ3v) is 4.29. The van der Waals surface area contributed by atoms with Crippen LogP contribution in [-0.2, 0) is 6.54 Å². The van der Waals surface area contributed by atoms with Crippen molar-refractivity contribution >= 4 is 5.69 Å². The van der Waals surface area contributed by atoms with Gasteiger partial charge in [0, 0.05) is 17.4 Å². The summed E-state index contributed by atoms with van der Waals surface area (Å²) < 4.78 is 5.56. The van der Waals surface area contributed by atoms with Crippen molar-refractivity contribution in [1.29, 1.82) is 0 Å². The minimum atomic E-state index is 0.530. The molecule has 3 heteroatoms. The molecule has 128 valence electrons. The Hall–Kier alpha value is -2.81. The highest BCUT2D eigenvalue weighted by atomic mass is 16.5. The van der Waals surface area contributed by atoms with Gasteiger partial charge in [-0.25, -0.2) is 0 Å². The van der Waals surface area contributed by atoms with Gasteiger partial charge in [-0.1, -0.05) is 44.2 Å². The number of nitrogens with zero attached hydrogens (tertiary/aromatic N) is 1. The molecule has 0 fully saturated rings. The number of rotatable bonds is 6. The maximum Gasteiger partial charge on any atom is 0.126 e. The number of nitrogens with one attached hydrogen (secondary N) is 1. The third-order valence-electron chi connectivity index (χ3n) is 4.29. The first-order chi connectivity index (χ1) is 12.2. The van der Waals surface area contributed by atoms with Gasteiger partial charge in [-0.2, -0.15) is 0 Å². The Labute approximate surface area is 149 Å². The van der Waals surface area contributed by atoms with Crippen molar-refractivity contribution < 1.29 is 4.74 Å². The first kappa shape index (κ1) is 17.0. The fraction of sp³-hybridized carbons (Fsp3) is 0.227. The molecular formula is C22H24N2O. The van der Waals surface area contributed by atoms with E-state index >= 15 is 0 Å². The number of methoxy groups -OCH3 is 1. The van der Waals surface area contributed by atoms with E-state index in [0.717, 1.165) is 28.3 Å².